The van der Waals surface area contributed by atoms with Gasteiger partial charge in [0.15, 0.2) is 10.2 Å². The van der Waals surface area contributed by atoms with Crippen molar-refractivity contribution in [3.8, 4) is 5.06 Å². The number of aromatic nitrogens is 1. The van der Waals surface area contributed by atoms with Crippen LogP contribution in [-0.4, -0.2) is 17.6 Å². The number of anilines is 1. The number of hydrogen-bond donors (Lipinski definition) is 1. The summed E-state index contributed by atoms with van der Waals surface area (Å²) in [5.74, 6) is 0.458. The van der Waals surface area contributed by atoms with Crippen molar-refractivity contribution in [2.75, 3.05) is 11.9 Å². The van der Waals surface area contributed by atoms with Gasteiger partial charge in [-0.3, -0.25) is 0 Å². The summed E-state index contributed by atoms with van der Waals surface area (Å²) in [6, 6.07) is 10.5. The standard InChI is InChI=1S/C15H20N2OS/c1-11(2)18-14-10-17-15(19-14)16-9-12(3)13-7-5-4-6-8-13/h4-8,10-12H,9H2,1-3H3,(H,16,17). The molecule has 0 radical (unpaired) electrons. The fourth-order valence-electron chi connectivity index (χ4n) is 1.77. The van der Waals surface area contributed by atoms with Gasteiger partial charge in [-0.05, 0) is 25.3 Å². The van der Waals surface area contributed by atoms with Crippen LogP contribution in [0.1, 0.15) is 32.3 Å². The molecule has 102 valence electrons. The molecule has 19 heavy (non-hydrogen) atoms. The Morgan fingerprint density at radius 1 is 1.21 bits per heavy atom. The van der Waals surface area contributed by atoms with Crippen molar-refractivity contribution in [3.63, 3.8) is 0 Å². The van der Waals surface area contributed by atoms with Crippen LogP contribution in [0.3, 0.4) is 0 Å². The Morgan fingerprint density at radius 3 is 2.63 bits per heavy atom. The highest BCUT2D eigenvalue weighted by molar-refractivity contribution is 7.17. The van der Waals surface area contributed by atoms with Crippen LogP contribution in [0.25, 0.3) is 0 Å². The Kier molecular flexibility index (Phi) is 4.80. The van der Waals surface area contributed by atoms with Crippen molar-refractivity contribution in [1.29, 1.82) is 0 Å². The van der Waals surface area contributed by atoms with E-state index in [-0.39, 0.29) is 6.10 Å². The van der Waals surface area contributed by atoms with Gasteiger partial charge >= 0.3 is 0 Å². The highest BCUT2D eigenvalue weighted by Gasteiger charge is 2.07. The summed E-state index contributed by atoms with van der Waals surface area (Å²) >= 11 is 1.55. The first-order chi connectivity index (χ1) is 9.15. The maximum Gasteiger partial charge on any atom is 0.196 e. The lowest BCUT2D eigenvalue weighted by Gasteiger charge is -2.12. The predicted octanol–water partition coefficient (Wildman–Crippen LogP) is 4.15. The molecular formula is C15H20N2OS. The van der Waals surface area contributed by atoms with Crippen molar-refractivity contribution in [1.82, 2.24) is 4.98 Å². The first kappa shape index (κ1) is 13.9. The third-order valence-corrected chi connectivity index (χ3v) is 3.61. The second kappa shape index (κ2) is 6.57. The van der Waals surface area contributed by atoms with E-state index in [0.717, 1.165) is 16.7 Å². The van der Waals surface area contributed by atoms with Crippen LogP contribution in [0.5, 0.6) is 5.06 Å². The largest absolute Gasteiger partial charge is 0.480 e. The van der Waals surface area contributed by atoms with Crippen molar-refractivity contribution < 1.29 is 4.74 Å². The zero-order valence-corrected chi connectivity index (χ0v) is 12.4. The molecule has 0 spiro atoms. The molecule has 0 saturated heterocycles. The molecule has 1 unspecified atom stereocenters. The Balaban J connectivity index is 1.87. The number of nitrogens with one attached hydrogen (secondary N) is 1. The van der Waals surface area contributed by atoms with E-state index in [0.29, 0.717) is 5.92 Å². The predicted molar refractivity (Wildman–Crippen MR) is 81.2 cm³/mol. The Hall–Kier alpha value is -1.55. The van der Waals surface area contributed by atoms with E-state index in [4.69, 9.17) is 4.74 Å². The number of ether oxygens (including phenoxy) is 1. The Bertz CT molecular complexity index is 496. The molecule has 0 bridgehead atoms. The van der Waals surface area contributed by atoms with Gasteiger partial charge in [-0.2, -0.15) is 0 Å². The van der Waals surface area contributed by atoms with Crippen LogP contribution in [0.15, 0.2) is 36.5 Å². The van der Waals surface area contributed by atoms with E-state index in [1.54, 1.807) is 17.5 Å². The fourth-order valence-corrected chi connectivity index (χ4v) is 2.57. The molecule has 0 aliphatic carbocycles. The number of rotatable bonds is 6. The lowest BCUT2D eigenvalue weighted by Crippen LogP contribution is -2.09. The Labute approximate surface area is 118 Å². The summed E-state index contributed by atoms with van der Waals surface area (Å²) < 4.78 is 5.60. The topological polar surface area (TPSA) is 34.1 Å². The van der Waals surface area contributed by atoms with E-state index in [9.17, 15) is 0 Å². The fraction of sp³-hybridized carbons (Fsp3) is 0.400. The van der Waals surface area contributed by atoms with Gasteiger partial charge < -0.3 is 10.1 Å². The second-order valence-electron chi connectivity index (χ2n) is 4.84. The molecule has 1 atom stereocenters. The van der Waals surface area contributed by atoms with Crippen molar-refractivity contribution in [2.45, 2.75) is 32.8 Å². The summed E-state index contributed by atoms with van der Waals surface area (Å²) in [5, 5.41) is 5.14. The normalized spacial score (nSPS) is 12.4. The quantitative estimate of drug-likeness (QED) is 0.860. The zero-order valence-electron chi connectivity index (χ0n) is 11.6. The smallest absolute Gasteiger partial charge is 0.196 e. The number of benzene rings is 1. The number of hydrogen-bond acceptors (Lipinski definition) is 4. The zero-order chi connectivity index (χ0) is 13.7. The minimum Gasteiger partial charge on any atom is -0.480 e. The first-order valence-corrected chi connectivity index (χ1v) is 7.38. The third kappa shape index (κ3) is 4.24. The van der Waals surface area contributed by atoms with E-state index < -0.39 is 0 Å². The average molecular weight is 276 g/mol. The molecule has 2 aromatic rings. The highest BCUT2D eigenvalue weighted by Crippen LogP contribution is 2.27. The van der Waals surface area contributed by atoms with E-state index in [1.165, 1.54) is 5.56 Å². The summed E-state index contributed by atoms with van der Waals surface area (Å²) in [7, 11) is 0. The van der Waals surface area contributed by atoms with Crippen LogP contribution >= 0.6 is 11.3 Å². The second-order valence-corrected chi connectivity index (χ2v) is 5.84. The van der Waals surface area contributed by atoms with Gasteiger partial charge in [0.05, 0.1) is 12.3 Å². The van der Waals surface area contributed by atoms with Gasteiger partial charge in [0.2, 0.25) is 0 Å². The molecule has 0 fully saturated rings. The highest BCUT2D eigenvalue weighted by atomic mass is 32.1. The minimum atomic E-state index is 0.191. The van der Waals surface area contributed by atoms with Gasteiger partial charge in [0.25, 0.3) is 0 Å². The van der Waals surface area contributed by atoms with Crippen molar-refractivity contribution in [3.05, 3.63) is 42.1 Å². The lowest BCUT2D eigenvalue weighted by molar-refractivity contribution is 0.249. The molecule has 1 aromatic carbocycles. The molecule has 1 heterocycles. The molecule has 3 nitrogen and oxygen atoms in total. The number of thiazole rings is 1. The van der Waals surface area contributed by atoms with Crippen LogP contribution in [0.2, 0.25) is 0 Å². The average Bonchev–Trinajstić information content (AvgIpc) is 2.84. The molecule has 1 N–H and O–H groups in total. The molecule has 2 rings (SSSR count). The third-order valence-electron chi connectivity index (χ3n) is 2.76. The Morgan fingerprint density at radius 2 is 1.95 bits per heavy atom. The van der Waals surface area contributed by atoms with Crippen LogP contribution in [0.4, 0.5) is 5.13 Å². The maximum absolute atomic E-state index is 5.60. The lowest BCUT2D eigenvalue weighted by atomic mass is 10.0. The SMILES string of the molecule is CC(C)Oc1cnc(NCC(C)c2ccccc2)s1. The molecule has 1 aromatic heterocycles. The van der Waals surface area contributed by atoms with Gasteiger partial charge in [-0.15, -0.1) is 0 Å². The first-order valence-electron chi connectivity index (χ1n) is 6.56. The summed E-state index contributed by atoms with van der Waals surface area (Å²) in [6.45, 7) is 7.12. The van der Waals surface area contributed by atoms with Crippen LogP contribution < -0.4 is 10.1 Å². The minimum absolute atomic E-state index is 0.191. The van der Waals surface area contributed by atoms with E-state index in [2.05, 4.69) is 41.5 Å². The monoisotopic (exact) mass is 276 g/mol. The van der Waals surface area contributed by atoms with E-state index in [1.807, 2.05) is 19.9 Å². The molecule has 0 aliphatic heterocycles. The van der Waals surface area contributed by atoms with Gasteiger partial charge in [0.1, 0.15) is 0 Å². The van der Waals surface area contributed by atoms with Crippen molar-refractivity contribution in [2.24, 2.45) is 0 Å². The molecule has 0 amide bonds. The summed E-state index contributed by atoms with van der Waals surface area (Å²) in [6.07, 6.45) is 1.97. The van der Waals surface area contributed by atoms with Crippen LogP contribution in [-0.2, 0) is 0 Å². The number of nitrogens with zero attached hydrogens (tertiary/aromatic N) is 1. The maximum atomic E-state index is 5.60. The molecule has 0 aliphatic rings. The molecule has 0 saturated carbocycles. The van der Waals surface area contributed by atoms with E-state index >= 15 is 0 Å². The summed E-state index contributed by atoms with van der Waals surface area (Å²) in [5.41, 5.74) is 1.34. The summed E-state index contributed by atoms with van der Waals surface area (Å²) in [4.78, 5) is 4.32. The van der Waals surface area contributed by atoms with Gasteiger partial charge in [0, 0.05) is 6.54 Å². The van der Waals surface area contributed by atoms with Gasteiger partial charge in [-0.1, -0.05) is 48.6 Å². The van der Waals surface area contributed by atoms with Gasteiger partial charge in [-0.25, -0.2) is 4.98 Å². The van der Waals surface area contributed by atoms with Crippen LogP contribution in [0, 0.1) is 0 Å². The molecular weight excluding hydrogens is 256 g/mol. The molecule has 4 heteroatoms. The van der Waals surface area contributed by atoms with Crippen molar-refractivity contribution >= 4 is 16.5 Å².